The quantitative estimate of drug-likeness (QED) is 0.586. The summed E-state index contributed by atoms with van der Waals surface area (Å²) in [6.07, 6.45) is 3.12. The summed E-state index contributed by atoms with van der Waals surface area (Å²) < 4.78 is 6.79. The molecule has 9 heteroatoms. The highest BCUT2D eigenvalue weighted by molar-refractivity contribution is 5.79. The summed E-state index contributed by atoms with van der Waals surface area (Å²) >= 11 is 0. The minimum Gasteiger partial charge on any atom is -0.497 e. The highest BCUT2D eigenvalue weighted by Crippen LogP contribution is 2.25. The number of amides is 1. The predicted octanol–water partition coefficient (Wildman–Crippen LogP) is 1.90. The van der Waals surface area contributed by atoms with Gasteiger partial charge in [0, 0.05) is 64.1 Å². The summed E-state index contributed by atoms with van der Waals surface area (Å²) in [7, 11) is 3.39. The van der Waals surface area contributed by atoms with Crippen molar-refractivity contribution in [2.24, 2.45) is 13.0 Å². The summed E-state index contributed by atoms with van der Waals surface area (Å²) in [5, 5.41) is 0. The van der Waals surface area contributed by atoms with Gasteiger partial charge in [0.05, 0.1) is 7.11 Å². The van der Waals surface area contributed by atoms with Gasteiger partial charge in [-0.3, -0.25) is 14.2 Å². The number of aromatic nitrogens is 3. The normalized spacial score (nSPS) is 17.3. The first-order valence-electron chi connectivity index (χ1n) is 11.8. The lowest BCUT2D eigenvalue weighted by atomic mass is 9.95. The van der Waals surface area contributed by atoms with Crippen LogP contribution < -0.4 is 20.1 Å². The molecule has 178 valence electrons. The minimum absolute atomic E-state index is 0.00485. The Morgan fingerprint density at radius 1 is 0.971 bits per heavy atom. The van der Waals surface area contributed by atoms with E-state index in [0.717, 1.165) is 50.5 Å². The first kappa shape index (κ1) is 22.2. The third-order valence-corrected chi connectivity index (χ3v) is 6.98. The number of pyridine rings is 1. The van der Waals surface area contributed by atoms with Crippen LogP contribution in [0.5, 0.6) is 5.75 Å². The molecule has 34 heavy (non-hydrogen) atoms. The maximum Gasteiger partial charge on any atom is 0.294 e. The number of piperidine rings is 1. The zero-order chi connectivity index (χ0) is 23.7. The van der Waals surface area contributed by atoms with Crippen LogP contribution in [-0.2, 0) is 11.8 Å². The third-order valence-electron chi connectivity index (χ3n) is 6.98. The molecule has 3 aromatic rings. The van der Waals surface area contributed by atoms with Crippen molar-refractivity contribution in [2.45, 2.75) is 12.8 Å². The second-order valence-electron chi connectivity index (χ2n) is 8.92. The number of anilines is 2. The van der Waals surface area contributed by atoms with Gasteiger partial charge in [0.1, 0.15) is 11.3 Å². The number of nitrogens with zero attached hydrogens (tertiary/aromatic N) is 6. The zero-order valence-corrected chi connectivity index (χ0v) is 19.7. The van der Waals surface area contributed by atoms with Crippen molar-refractivity contribution in [2.75, 3.05) is 56.2 Å². The number of hydrogen-bond acceptors (Lipinski definition) is 7. The van der Waals surface area contributed by atoms with E-state index in [2.05, 4.69) is 27.0 Å². The summed E-state index contributed by atoms with van der Waals surface area (Å²) in [6.45, 7) is 4.39. The molecule has 2 aliphatic rings. The van der Waals surface area contributed by atoms with E-state index in [0.29, 0.717) is 30.1 Å². The second kappa shape index (κ2) is 9.32. The molecule has 0 unspecified atom stereocenters. The molecule has 1 aromatic carbocycles. The van der Waals surface area contributed by atoms with Crippen LogP contribution in [0, 0.1) is 5.92 Å². The van der Waals surface area contributed by atoms with Crippen LogP contribution in [0.25, 0.3) is 11.2 Å². The molecule has 0 bridgehead atoms. The molecule has 1 amide bonds. The fourth-order valence-corrected chi connectivity index (χ4v) is 4.92. The van der Waals surface area contributed by atoms with Crippen LogP contribution in [0.15, 0.2) is 47.4 Å². The van der Waals surface area contributed by atoms with Gasteiger partial charge in [-0.25, -0.2) is 9.97 Å². The summed E-state index contributed by atoms with van der Waals surface area (Å²) in [5.41, 5.74) is 2.29. The van der Waals surface area contributed by atoms with Crippen LogP contribution in [-0.4, -0.2) is 71.7 Å². The van der Waals surface area contributed by atoms with Gasteiger partial charge < -0.3 is 19.4 Å². The summed E-state index contributed by atoms with van der Waals surface area (Å²) in [5.74, 6) is 1.52. The number of carbonyl (C=O) groups excluding carboxylic acids is 1. The number of fused-ring (bicyclic) bond motifs is 1. The maximum absolute atomic E-state index is 13.2. The van der Waals surface area contributed by atoms with Gasteiger partial charge in [0.2, 0.25) is 5.91 Å². The first-order valence-corrected chi connectivity index (χ1v) is 11.8. The molecule has 0 radical (unpaired) electrons. The molecule has 2 aliphatic heterocycles. The van der Waals surface area contributed by atoms with E-state index in [1.807, 2.05) is 34.1 Å². The summed E-state index contributed by atoms with van der Waals surface area (Å²) in [4.78, 5) is 41.2. The molecule has 9 nitrogen and oxygen atoms in total. The van der Waals surface area contributed by atoms with Gasteiger partial charge in [-0.15, -0.1) is 0 Å². The van der Waals surface area contributed by atoms with Crippen molar-refractivity contribution in [3.8, 4) is 5.75 Å². The average molecular weight is 463 g/mol. The van der Waals surface area contributed by atoms with Crippen LogP contribution >= 0.6 is 0 Å². The molecule has 0 aliphatic carbocycles. The Balaban J connectivity index is 1.19. The van der Waals surface area contributed by atoms with Crippen molar-refractivity contribution in [3.63, 3.8) is 0 Å². The highest BCUT2D eigenvalue weighted by Gasteiger charge is 2.31. The Bertz CT molecular complexity index is 1230. The van der Waals surface area contributed by atoms with Crippen LogP contribution in [0.4, 0.5) is 11.5 Å². The maximum atomic E-state index is 13.2. The van der Waals surface area contributed by atoms with E-state index in [4.69, 9.17) is 4.74 Å². The molecule has 0 atom stereocenters. The number of benzene rings is 1. The first-order chi connectivity index (χ1) is 16.5. The van der Waals surface area contributed by atoms with Gasteiger partial charge in [0.25, 0.3) is 5.56 Å². The number of rotatable bonds is 4. The van der Waals surface area contributed by atoms with Gasteiger partial charge in [-0.2, -0.15) is 0 Å². The van der Waals surface area contributed by atoms with Gasteiger partial charge in [-0.05, 0) is 49.2 Å². The lowest BCUT2D eigenvalue weighted by molar-refractivity contribution is -0.136. The molecule has 5 rings (SSSR count). The lowest BCUT2D eigenvalue weighted by Gasteiger charge is -2.39. The highest BCUT2D eigenvalue weighted by atomic mass is 16.5. The van der Waals surface area contributed by atoms with Gasteiger partial charge >= 0.3 is 0 Å². The van der Waals surface area contributed by atoms with E-state index < -0.39 is 0 Å². The SMILES string of the molecule is COc1ccc(N2CCN(C(=O)C3CCN(c4nc5cccnc5n(C)c4=O)CC3)CC2)cc1. The van der Waals surface area contributed by atoms with Crippen molar-refractivity contribution in [1.82, 2.24) is 19.4 Å². The Labute approximate surface area is 198 Å². The molecular weight excluding hydrogens is 432 g/mol. The Hall–Kier alpha value is -3.62. The number of carbonyl (C=O) groups is 1. The van der Waals surface area contributed by atoms with Gasteiger partial charge in [0.15, 0.2) is 11.5 Å². The monoisotopic (exact) mass is 462 g/mol. The number of ether oxygens (including phenoxy) is 1. The Morgan fingerprint density at radius 3 is 2.35 bits per heavy atom. The molecule has 0 N–H and O–H groups in total. The van der Waals surface area contributed by atoms with Crippen molar-refractivity contribution >= 4 is 28.6 Å². The molecule has 4 heterocycles. The molecular formula is C25H30N6O3. The Morgan fingerprint density at radius 2 is 1.68 bits per heavy atom. The zero-order valence-electron chi connectivity index (χ0n) is 19.7. The number of hydrogen-bond donors (Lipinski definition) is 0. The lowest BCUT2D eigenvalue weighted by Crippen LogP contribution is -2.52. The topological polar surface area (TPSA) is 83.8 Å². The average Bonchev–Trinajstić information content (AvgIpc) is 2.90. The number of methoxy groups -OCH3 is 1. The number of piperazine rings is 1. The fraction of sp³-hybridized carbons (Fsp3) is 0.440. The molecule has 0 saturated carbocycles. The fourth-order valence-electron chi connectivity index (χ4n) is 4.92. The van der Waals surface area contributed by atoms with E-state index in [1.165, 1.54) is 0 Å². The minimum atomic E-state index is -0.148. The molecule has 2 saturated heterocycles. The van der Waals surface area contributed by atoms with Crippen LogP contribution in [0.2, 0.25) is 0 Å². The van der Waals surface area contributed by atoms with Crippen molar-refractivity contribution in [3.05, 3.63) is 52.9 Å². The predicted molar refractivity (Wildman–Crippen MR) is 132 cm³/mol. The molecule has 2 aromatic heterocycles. The van der Waals surface area contributed by atoms with Crippen LogP contribution in [0.1, 0.15) is 12.8 Å². The van der Waals surface area contributed by atoms with Crippen molar-refractivity contribution in [1.29, 1.82) is 0 Å². The van der Waals surface area contributed by atoms with Crippen molar-refractivity contribution < 1.29 is 9.53 Å². The smallest absolute Gasteiger partial charge is 0.294 e. The standard InChI is InChI=1S/C25H30N6O3/c1-28-22-21(4-3-11-26-22)27-23(25(28)33)30-12-9-18(10-13-30)24(32)31-16-14-29(15-17-31)19-5-7-20(34-2)8-6-19/h3-8,11,18H,9-10,12-17H2,1-2H3. The largest absolute Gasteiger partial charge is 0.497 e. The molecule has 2 fully saturated rings. The number of aryl methyl sites for hydroxylation is 1. The van der Waals surface area contributed by atoms with E-state index >= 15 is 0 Å². The third kappa shape index (κ3) is 4.18. The van der Waals surface area contributed by atoms with E-state index in [9.17, 15) is 9.59 Å². The Kier molecular flexibility index (Phi) is 6.08. The van der Waals surface area contributed by atoms with E-state index in [-0.39, 0.29) is 17.4 Å². The summed E-state index contributed by atoms with van der Waals surface area (Å²) in [6, 6.07) is 11.8. The second-order valence-corrected chi connectivity index (χ2v) is 8.92. The van der Waals surface area contributed by atoms with E-state index in [1.54, 1.807) is 24.9 Å². The van der Waals surface area contributed by atoms with Crippen LogP contribution in [0.3, 0.4) is 0 Å². The van der Waals surface area contributed by atoms with Gasteiger partial charge in [-0.1, -0.05) is 0 Å². The molecule has 0 spiro atoms.